The molecule has 0 saturated carbocycles. The number of fused-ring (bicyclic) bond motifs is 2. The van der Waals surface area contributed by atoms with Gasteiger partial charge in [0.1, 0.15) is 0 Å². The minimum atomic E-state index is -0.590. The fourth-order valence-corrected chi connectivity index (χ4v) is 4.57. The van der Waals surface area contributed by atoms with Gasteiger partial charge in [-0.25, -0.2) is 9.78 Å². The molecule has 3 aromatic rings. The Hall–Kier alpha value is -3.36. The summed E-state index contributed by atoms with van der Waals surface area (Å²) in [5.41, 5.74) is 3.94. The van der Waals surface area contributed by atoms with E-state index in [0.717, 1.165) is 22.3 Å². The van der Waals surface area contributed by atoms with E-state index in [-0.39, 0.29) is 24.0 Å². The molecule has 0 bridgehead atoms. The lowest BCUT2D eigenvalue weighted by atomic mass is 9.86. The number of carbonyl (C=O) groups is 2. The molecule has 4 rings (SSSR count). The average Bonchev–Trinajstić information content (AvgIpc) is 3.36. The number of nitrogens with one attached hydrogen (secondary N) is 3. The highest BCUT2D eigenvalue weighted by molar-refractivity contribution is 6.09. The molecule has 1 aliphatic rings. The van der Waals surface area contributed by atoms with Crippen LogP contribution in [0.4, 0.5) is 16.2 Å². The Balaban J connectivity index is 1.71. The van der Waals surface area contributed by atoms with Crippen LogP contribution in [0.5, 0.6) is 0 Å². The number of urea groups is 1. The lowest BCUT2D eigenvalue weighted by Gasteiger charge is -2.30. The lowest BCUT2D eigenvalue weighted by Crippen LogP contribution is -2.44. The maximum absolute atomic E-state index is 12.9. The smallest absolute Gasteiger partial charge is 0.322 e. The highest BCUT2D eigenvalue weighted by Gasteiger charge is 2.43. The van der Waals surface area contributed by atoms with Gasteiger partial charge < -0.3 is 20.1 Å². The van der Waals surface area contributed by atoms with Crippen LogP contribution in [0.25, 0.3) is 22.6 Å². The van der Waals surface area contributed by atoms with Crippen LogP contribution in [-0.4, -0.2) is 55.6 Å². The van der Waals surface area contributed by atoms with Crippen LogP contribution >= 0.6 is 0 Å². The summed E-state index contributed by atoms with van der Waals surface area (Å²) in [5, 5.41) is 10.1. The van der Waals surface area contributed by atoms with Crippen molar-refractivity contribution < 1.29 is 9.59 Å². The van der Waals surface area contributed by atoms with E-state index in [1.807, 2.05) is 60.6 Å². The van der Waals surface area contributed by atoms with E-state index in [1.54, 1.807) is 16.0 Å². The number of likely N-dealkylation sites (N-methyl/N-ethyl adjacent to an activating group) is 1. The van der Waals surface area contributed by atoms with Crippen LogP contribution in [0.15, 0.2) is 18.3 Å². The summed E-state index contributed by atoms with van der Waals surface area (Å²) >= 11 is 0. The molecule has 0 unspecified atom stereocenters. The van der Waals surface area contributed by atoms with E-state index in [4.69, 9.17) is 4.98 Å². The van der Waals surface area contributed by atoms with Gasteiger partial charge in [-0.15, -0.1) is 0 Å². The van der Waals surface area contributed by atoms with E-state index in [0.29, 0.717) is 23.8 Å². The number of rotatable bonds is 5. The van der Waals surface area contributed by atoms with E-state index >= 15 is 0 Å². The second-order valence-electron chi connectivity index (χ2n) is 9.32. The topological polar surface area (TPSA) is 110 Å². The van der Waals surface area contributed by atoms with Gasteiger partial charge in [0.15, 0.2) is 11.5 Å². The van der Waals surface area contributed by atoms with Crippen molar-refractivity contribution in [3.8, 4) is 11.5 Å². The number of hydrogen-bond donors (Lipinski definition) is 3. The Kier molecular flexibility index (Phi) is 5.22. The summed E-state index contributed by atoms with van der Waals surface area (Å²) in [6.07, 6.45) is 1.65. The molecule has 32 heavy (non-hydrogen) atoms. The summed E-state index contributed by atoms with van der Waals surface area (Å²) in [7, 11) is 0. The zero-order valence-corrected chi connectivity index (χ0v) is 19.7. The number of amides is 3. The molecule has 1 aliphatic heterocycles. The first-order chi connectivity index (χ1) is 15.1. The molecule has 9 heteroatoms. The standard InChI is InChI=1S/C23H31N7O2/c1-8-29-18-10-16-15(9-14(18)23(6,7)21(29)31)25-20(26-16)19-17(11-24-28-19)27-22(32)30(12(2)3)13(4)5/h9-13H,8H2,1-7H3,(H,24,28)(H,25,26)(H,27,32). The molecule has 3 N–H and O–H groups in total. The Morgan fingerprint density at radius 2 is 1.91 bits per heavy atom. The molecule has 170 valence electrons. The maximum Gasteiger partial charge on any atom is 0.322 e. The van der Waals surface area contributed by atoms with E-state index < -0.39 is 5.41 Å². The molecule has 0 spiro atoms. The van der Waals surface area contributed by atoms with Crippen molar-refractivity contribution in [1.82, 2.24) is 25.1 Å². The van der Waals surface area contributed by atoms with Gasteiger partial charge in [-0.1, -0.05) is 0 Å². The lowest BCUT2D eigenvalue weighted by molar-refractivity contribution is -0.122. The van der Waals surface area contributed by atoms with E-state index in [1.165, 1.54) is 0 Å². The number of nitrogens with zero attached hydrogens (tertiary/aromatic N) is 4. The second kappa shape index (κ2) is 7.65. The van der Waals surface area contributed by atoms with Gasteiger partial charge in [0, 0.05) is 24.8 Å². The first-order valence-electron chi connectivity index (χ1n) is 11.1. The number of H-pyrrole nitrogens is 2. The zero-order valence-electron chi connectivity index (χ0n) is 19.7. The Morgan fingerprint density at radius 1 is 1.22 bits per heavy atom. The summed E-state index contributed by atoms with van der Waals surface area (Å²) in [6, 6.07) is 3.88. The fourth-order valence-electron chi connectivity index (χ4n) is 4.57. The summed E-state index contributed by atoms with van der Waals surface area (Å²) < 4.78 is 0. The van der Waals surface area contributed by atoms with Gasteiger partial charge in [0.2, 0.25) is 5.91 Å². The number of aromatic nitrogens is 4. The van der Waals surface area contributed by atoms with Gasteiger partial charge >= 0.3 is 6.03 Å². The zero-order chi connectivity index (χ0) is 23.4. The highest BCUT2D eigenvalue weighted by atomic mass is 16.2. The highest BCUT2D eigenvalue weighted by Crippen LogP contribution is 2.43. The molecule has 3 heterocycles. The Morgan fingerprint density at radius 3 is 2.53 bits per heavy atom. The number of aromatic amines is 2. The summed E-state index contributed by atoms with van der Waals surface area (Å²) in [6.45, 7) is 14.4. The van der Waals surface area contributed by atoms with Crippen molar-refractivity contribution in [2.24, 2.45) is 0 Å². The minimum Gasteiger partial charge on any atom is -0.337 e. The maximum atomic E-state index is 12.9. The Labute approximate surface area is 187 Å². The van der Waals surface area contributed by atoms with Crippen molar-refractivity contribution in [2.75, 3.05) is 16.8 Å². The van der Waals surface area contributed by atoms with Gasteiger partial charge in [-0.2, -0.15) is 5.10 Å². The van der Waals surface area contributed by atoms with Crippen LogP contribution in [0, 0.1) is 0 Å². The predicted molar refractivity (Wildman–Crippen MR) is 126 cm³/mol. The molecule has 0 fully saturated rings. The van der Waals surface area contributed by atoms with Gasteiger partial charge in [-0.05, 0) is 66.2 Å². The summed E-state index contributed by atoms with van der Waals surface area (Å²) in [5.74, 6) is 0.646. The third kappa shape index (κ3) is 3.32. The molecule has 0 radical (unpaired) electrons. The van der Waals surface area contributed by atoms with Crippen LogP contribution in [0.2, 0.25) is 0 Å². The van der Waals surface area contributed by atoms with Crippen molar-refractivity contribution in [3.63, 3.8) is 0 Å². The molecular formula is C23H31N7O2. The van der Waals surface area contributed by atoms with Gasteiger partial charge in [0.05, 0.1) is 27.8 Å². The van der Waals surface area contributed by atoms with Crippen molar-refractivity contribution in [3.05, 3.63) is 23.9 Å². The number of benzene rings is 1. The largest absolute Gasteiger partial charge is 0.337 e. The molecular weight excluding hydrogens is 406 g/mol. The minimum absolute atomic E-state index is 0.0616. The first kappa shape index (κ1) is 21.9. The second-order valence-corrected chi connectivity index (χ2v) is 9.32. The average molecular weight is 438 g/mol. The van der Waals surface area contributed by atoms with E-state index in [9.17, 15) is 9.59 Å². The normalized spacial score (nSPS) is 15.2. The monoisotopic (exact) mass is 437 g/mol. The third-order valence-electron chi connectivity index (χ3n) is 6.11. The van der Waals surface area contributed by atoms with Gasteiger partial charge in [-0.3, -0.25) is 9.89 Å². The van der Waals surface area contributed by atoms with Crippen molar-refractivity contribution in [2.45, 2.75) is 66.0 Å². The fraction of sp³-hybridized carbons (Fsp3) is 0.478. The number of imidazole rings is 1. The third-order valence-corrected chi connectivity index (χ3v) is 6.11. The molecule has 1 aromatic carbocycles. The van der Waals surface area contributed by atoms with Crippen LogP contribution in [0.3, 0.4) is 0 Å². The summed E-state index contributed by atoms with van der Waals surface area (Å²) in [4.78, 5) is 37.3. The van der Waals surface area contributed by atoms with Crippen molar-refractivity contribution >= 4 is 34.3 Å². The number of hydrogen-bond acceptors (Lipinski definition) is 4. The van der Waals surface area contributed by atoms with Crippen molar-refractivity contribution in [1.29, 1.82) is 0 Å². The molecule has 9 nitrogen and oxygen atoms in total. The van der Waals surface area contributed by atoms with Gasteiger partial charge in [0.25, 0.3) is 0 Å². The molecule has 2 aromatic heterocycles. The van der Waals surface area contributed by atoms with E-state index in [2.05, 4.69) is 20.5 Å². The molecule has 3 amide bonds. The van der Waals surface area contributed by atoms with Crippen LogP contribution in [0.1, 0.15) is 54.0 Å². The first-order valence-corrected chi connectivity index (χ1v) is 11.1. The Bertz CT molecular complexity index is 1180. The molecule has 0 atom stereocenters. The van der Waals surface area contributed by atoms with Crippen LogP contribution < -0.4 is 10.2 Å². The number of anilines is 2. The van der Waals surface area contributed by atoms with Crippen LogP contribution in [-0.2, 0) is 10.2 Å². The SMILES string of the molecule is CCN1C(=O)C(C)(C)c2cc3[nH]c(-c4n[nH]cc4NC(=O)N(C(C)C)C(C)C)nc3cc21. The molecule has 0 aliphatic carbocycles. The molecule has 0 saturated heterocycles. The predicted octanol–water partition coefficient (Wildman–Crippen LogP) is 4.25. The quantitative estimate of drug-likeness (QED) is 0.554. The number of carbonyl (C=O) groups excluding carboxylic acids is 2.